The van der Waals surface area contributed by atoms with Crippen LogP contribution in [0.25, 0.3) is 16.9 Å². The summed E-state index contributed by atoms with van der Waals surface area (Å²) in [5.74, 6) is 0.551. The molecular formula is C18H15F3N2O2. The van der Waals surface area contributed by atoms with Crippen LogP contribution in [0.15, 0.2) is 48.5 Å². The van der Waals surface area contributed by atoms with Gasteiger partial charge in [-0.2, -0.15) is 18.3 Å². The fourth-order valence-electron chi connectivity index (χ4n) is 2.67. The van der Waals surface area contributed by atoms with Crippen molar-refractivity contribution >= 4 is 0 Å². The van der Waals surface area contributed by atoms with Gasteiger partial charge in [0.15, 0.2) is 5.69 Å². The lowest BCUT2D eigenvalue weighted by Gasteiger charge is -2.10. The predicted octanol–water partition coefficient (Wildman–Crippen LogP) is 4.58. The Balaban J connectivity index is 2.25. The molecule has 3 aromatic rings. The molecule has 25 heavy (non-hydrogen) atoms. The van der Waals surface area contributed by atoms with E-state index in [2.05, 4.69) is 5.10 Å². The number of benzene rings is 2. The molecule has 2 aromatic carbocycles. The van der Waals surface area contributed by atoms with Crippen LogP contribution >= 0.6 is 0 Å². The molecule has 0 aliphatic carbocycles. The maximum absolute atomic E-state index is 13.3. The fraction of sp³-hybridized carbons (Fsp3) is 0.167. The van der Waals surface area contributed by atoms with Crippen molar-refractivity contribution in [2.45, 2.75) is 13.1 Å². The Morgan fingerprint density at radius 3 is 2.32 bits per heavy atom. The Bertz CT molecular complexity index is 900. The number of alkyl halides is 3. The van der Waals surface area contributed by atoms with Gasteiger partial charge in [0.2, 0.25) is 0 Å². The number of phenols is 1. The Labute approximate surface area is 142 Å². The van der Waals surface area contributed by atoms with Crippen molar-refractivity contribution in [3.05, 3.63) is 59.8 Å². The van der Waals surface area contributed by atoms with Crippen LogP contribution in [0.2, 0.25) is 0 Å². The fourth-order valence-corrected chi connectivity index (χ4v) is 2.67. The van der Waals surface area contributed by atoms with E-state index < -0.39 is 11.9 Å². The van der Waals surface area contributed by atoms with Gasteiger partial charge in [0.25, 0.3) is 0 Å². The Morgan fingerprint density at radius 1 is 1.08 bits per heavy atom. The quantitative estimate of drug-likeness (QED) is 0.754. The highest BCUT2D eigenvalue weighted by Gasteiger charge is 2.38. The summed E-state index contributed by atoms with van der Waals surface area (Å²) in [4.78, 5) is 0. The van der Waals surface area contributed by atoms with Crippen molar-refractivity contribution in [3.63, 3.8) is 0 Å². The summed E-state index contributed by atoms with van der Waals surface area (Å²) in [6.45, 7) is 1.37. The van der Waals surface area contributed by atoms with E-state index in [1.807, 2.05) is 0 Å². The van der Waals surface area contributed by atoms with Gasteiger partial charge in [-0.05, 0) is 43.3 Å². The Hall–Kier alpha value is -2.96. The molecule has 0 atom stereocenters. The zero-order chi connectivity index (χ0) is 18.2. The summed E-state index contributed by atoms with van der Waals surface area (Å²) in [6, 6.07) is 12.6. The first-order valence-electron chi connectivity index (χ1n) is 7.42. The number of aromatic hydroxyl groups is 1. The summed E-state index contributed by atoms with van der Waals surface area (Å²) < 4.78 is 46.3. The van der Waals surface area contributed by atoms with Crippen LogP contribution in [-0.4, -0.2) is 22.0 Å². The lowest BCUT2D eigenvalue weighted by molar-refractivity contribution is -0.141. The van der Waals surface area contributed by atoms with Crippen molar-refractivity contribution in [1.29, 1.82) is 0 Å². The predicted molar refractivity (Wildman–Crippen MR) is 87.0 cm³/mol. The van der Waals surface area contributed by atoms with E-state index in [1.165, 1.54) is 30.8 Å². The van der Waals surface area contributed by atoms with E-state index in [1.54, 1.807) is 36.4 Å². The third kappa shape index (κ3) is 3.17. The van der Waals surface area contributed by atoms with Crippen molar-refractivity contribution in [2.75, 3.05) is 7.11 Å². The maximum atomic E-state index is 13.3. The molecular weight excluding hydrogens is 333 g/mol. The lowest BCUT2D eigenvalue weighted by atomic mass is 10.1. The molecule has 130 valence electrons. The van der Waals surface area contributed by atoms with Crippen LogP contribution in [0.3, 0.4) is 0 Å². The highest BCUT2D eigenvalue weighted by molar-refractivity contribution is 5.68. The number of aromatic nitrogens is 2. The van der Waals surface area contributed by atoms with E-state index in [9.17, 15) is 18.3 Å². The van der Waals surface area contributed by atoms with Crippen LogP contribution < -0.4 is 4.74 Å². The van der Waals surface area contributed by atoms with E-state index in [0.29, 0.717) is 17.0 Å². The monoisotopic (exact) mass is 348 g/mol. The second-order valence-corrected chi connectivity index (χ2v) is 5.48. The van der Waals surface area contributed by atoms with E-state index in [4.69, 9.17) is 4.74 Å². The Morgan fingerprint density at radius 2 is 1.76 bits per heavy atom. The molecule has 0 fully saturated rings. The molecule has 1 N–H and O–H groups in total. The molecule has 3 rings (SSSR count). The van der Waals surface area contributed by atoms with Gasteiger partial charge in [-0.25, -0.2) is 4.68 Å². The maximum Gasteiger partial charge on any atom is 0.435 e. The smallest absolute Gasteiger partial charge is 0.435 e. The number of ether oxygens (including phenoxy) is 1. The summed E-state index contributed by atoms with van der Waals surface area (Å²) in [6.07, 6.45) is -4.58. The average Bonchev–Trinajstić information content (AvgIpc) is 2.92. The van der Waals surface area contributed by atoms with Crippen molar-refractivity contribution < 1.29 is 23.0 Å². The Kier molecular flexibility index (Phi) is 4.16. The van der Waals surface area contributed by atoms with Crippen LogP contribution in [-0.2, 0) is 6.18 Å². The number of nitrogens with zero attached hydrogens (tertiary/aromatic N) is 2. The van der Waals surface area contributed by atoms with Crippen molar-refractivity contribution in [1.82, 2.24) is 9.78 Å². The lowest BCUT2D eigenvalue weighted by Crippen LogP contribution is -2.08. The topological polar surface area (TPSA) is 47.3 Å². The molecule has 0 aliphatic heterocycles. The standard InChI is InChI=1S/C18H15F3N2O2/c1-11-16(12-4-3-5-14(24)10-12)23(22-17(11)18(19,20)21)13-6-8-15(25-2)9-7-13/h3-10,24H,1-2H3. The first kappa shape index (κ1) is 16.9. The second-order valence-electron chi connectivity index (χ2n) is 5.48. The molecule has 0 bridgehead atoms. The van der Waals surface area contributed by atoms with Gasteiger partial charge in [-0.15, -0.1) is 0 Å². The third-order valence-electron chi connectivity index (χ3n) is 3.83. The van der Waals surface area contributed by atoms with E-state index in [-0.39, 0.29) is 17.0 Å². The minimum Gasteiger partial charge on any atom is -0.508 e. The molecule has 0 aliphatic rings. The number of methoxy groups -OCH3 is 1. The van der Waals surface area contributed by atoms with Gasteiger partial charge >= 0.3 is 6.18 Å². The van der Waals surface area contributed by atoms with Gasteiger partial charge < -0.3 is 9.84 Å². The molecule has 0 saturated carbocycles. The number of phenolic OH excluding ortho intramolecular Hbond substituents is 1. The zero-order valence-corrected chi connectivity index (χ0v) is 13.5. The van der Waals surface area contributed by atoms with Gasteiger partial charge in [-0.3, -0.25) is 0 Å². The van der Waals surface area contributed by atoms with Crippen LogP contribution in [0, 0.1) is 6.92 Å². The minimum absolute atomic E-state index is 0.00563. The molecule has 1 aromatic heterocycles. The van der Waals surface area contributed by atoms with Crippen LogP contribution in [0.4, 0.5) is 13.2 Å². The zero-order valence-electron chi connectivity index (χ0n) is 13.5. The van der Waals surface area contributed by atoms with Crippen molar-refractivity contribution in [3.8, 4) is 28.4 Å². The number of hydrogen-bond donors (Lipinski definition) is 1. The summed E-state index contributed by atoms with van der Waals surface area (Å²) in [5, 5.41) is 13.5. The molecule has 0 spiro atoms. The van der Waals surface area contributed by atoms with Crippen LogP contribution in [0.1, 0.15) is 11.3 Å². The molecule has 0 radical (unpaired) electrons. The van der Waals surface area contributed by atoms with Gasteiger partial charge in [0, 0.05) is 11.1 Å². The highest BCUT2D eigenvalue weighted by atomic mass is 19.4. The first-order chi connectivity index (χ1) is 11.8. The molecule has 4 nitrogen and oxygen atoms in total. The number of rotatable bonds is 3. The number of halogens is 3. The molecule has 7 heteroatoms. The minimum atomic E-state index is -4.58. The van der Waals surface area contributed by atoms with Gasteiger partial charge in [0.05, 0.1) is 18.5 Å². The summed E-state index contributed by atoms with van der Waals surface area (Å²) in [7, 11) is 1.51. The van der Waals surface area contributed by atoms with Gasteiger partial charge in [0.1, 0.15) is 11.5 Å². The van der Waals surface area contributed by atoms with Crippen LogP contribution in [0.5, 0.6) is 11.5 Å². The normalized spacial score (nSPS) is 11.6. The largest absolute Gasteiger partial charge is 0.508 e. The first-order valence-corrected chi connectivity index (χ1v) is 7.42. The SMILES string of the molecule is COc1ccc(-n2nc(C(F)(F)F)c(C)c2-c2cccc(O)c2)cc1. The highest BCUT2D eigenvalue weighted by Crippen LogP contribution is 2.38. The van der Waals surface area contributed by atoms with Crippen molar-refractivity contribution in [2.24, 2.45) is 0 Å². The summed E-state index contributed by atoms with van der Waals surface area (Å²) >= 11 is 0. The van der Waals surface area contributed by atoms with E-state index in [0.717, 1.165) is 0 Å². The summed E-state index contributed by atoms with van der Waals surface area (Å²) in [5.41, 5.74) is 0.207. The molecule has 0 saturated heterocycles. The molecule has 0 amide bonds. The average molecular weight is 348 g/mol. The molecule has 1 heterocycles. The van der Waals surface area contributed by atoms with Gasteiger partial charge in [-0.1, -0.05) is 12.1 Å². The molecule has 0 unspecified atom stereocenters. The third-order valence-corrected chi connectivity index (χ3v) is 3.83. The second kappa shape index (κ2) is 6.16. The van der Waals surface area contributed by atoms with E-state index >= 15 is 0 Å². The number of hydrogen-bond acceptors (Lipinski definition) is 3.